The molecule has 1 amide bonds. The highest BCUT2D eigenvalue weighted by Gasteiger charge is 2.11. The van der Waals surface area contributed by atoms with Crippen LogP contribution in [0.5, 0.6) is 0 Å². The van der Waals surface area contributed by atoms with Gasteiger partial charge in [-0.1, -0.05) is 20.8 Å². The highest BCUT2D eigenvalue weighted by molar-refractivity contribution is 5.78. The van der Waals surface area contributed by atoms with Crippen LogP contribution in [0.2, 0.25) is 0 Å². The van der Waals surface area contributed by atoms with Gasteiger partial charge in [0, 0.05) is 18.7 Å². The lowest BCUT2D eigenvalue weighted by Crippen LogP contribution is -2.43. The topological polar surface area (TPSA) is 50.4 Å². The normalized spacial score (nSPS) is 12.5. The van der Waals surface area contributed by atoms with Crippen molar-refractivity contribution in [3.63, 3.8) is 0 Å². The van der Waals surface area contributed by atoms with Crippen LogP contribution < -0.4 is 10.6 Å². The largest absolute Gasteiger partial charge is 0.380 e. The molecular weight excluding hydrogens is 240 g/mol. The number of nitrogens with one attached hydrogen (secondary N) is 2. The van der Waals surface area contributed by atoms with Gasteiger partial charge in [0.1, 0.15) is 0 Å². The Bertz CT molecular complexity index is 252. The third-order valence-electron chi connectivity index (χ3n) is 2.56. The number of hydrogen-bond donors (Lipinski definition) is 2. The Morgan fingerprint density at radius 3 is 2.21 bits per heavy atom. The first kappa shape index (κ1) is 18.4. The van der Waals surface area contributed by atoms with E-state index < -0.39 is 0 Å². The second kappa shape index (κ2) is 8.54. The van der Waals surface area contributed by atoms with E-state index in [2.05, 4.69) is 31.4 Å². The maximum atomic E-state index is 11.5. The SMILES string of the molecule is CC(C)(C)CCCOCCNC(=O)CNC(C)(C)C. The van der Waals surface area contributed by atoms with E-state index in [-0.39, 0.29) is 11.4 Å². The van der Waals surface area contributed by atoms with Crippen LogP contribution in [-0.2, 0) is 9.53 Å². The van der Waals surface area contributed by atoms with Gasteiger partial charge in [-0.2, -0.15) is 0 Å². The van der Waals surface area contributed by atoms with Crippen molar-refractivity contribution in [2.75, 3.05) is 26.3 Å². The molecule has 0 atom stereocenters. The minimum atomic E-state index is -0.0270. The molecule has 0 saturated heterocycles. The first-order valence-electron chi connectivity index (χ1n) is 7.20. The fraction of sp³-hybridized carbons (Fsp3) is 0.933. The summed E-state index contributed by atoms with van der Waals surface area (Å²) in [6, 6.07) is 0. The van der Waals surface area contributed by atoms with Crippen molar-refractivity contribution in [2.24, 2.45) is 5.41 Å². The summed E-state index contributed by atoms with van der Waals surface area (Å²) in [7, 11) is 0. The average Bonchev–Trinajstić information content (AvgIpc) is 2.22. The summed E-state index contributed by atoms with van der Waals surface area (Å²) in [4.78, 5) is 11.5. The van der Waals surface area contributed by atoms with Gasteiger partial charge in [0.2, 0.25) is 5.91 Å². The number of rotatable bonds is 8. The molecule has 0 aromatic heterocycles. The van der Waals surface area contributed by atoms with E-state index >= 15 is 0 Å². The molecule has 4 nitrogen and oxygen atoms in total. The van der Waals surface area contributed by atoms with Crippen molar-refractivity contribution >= 4 is 5.91 Å². The lowest BCUT2D eigenvalue weighted by atomic mass is 9.91. The van der Waals surface area contributed by atoms with E-state index in [1.807, 2.05) is 20.8 Å². The molecule has 0 aromatic carbocycles. The van der Waals surface area contributed by atoms with Crippen molar-refractivity contribution in [1.29, 1.82) is 0 Å². The van der Waals surface area contributed by atoms with Gasteiger partial charge in [-0.3, -0.25) is 4.79 Å². The molecule has 0 unspecified atom stereocenters. The fourth-order valence-electron chi connectivity index (χ4n) is 1.48. The van der Waals surface area contributed by atoms with E-state index in [9.17, 15) is 4.79 Å². The van der Waals surface area contributed by atoms with Crippen LogP contribution in [-0.4, -0.2) is 37.7 Å². The van der Waals surface area contributed by atoms with E-state index in [1.54, 1.807) is 0 Å². The van der Waals surface area contributed by atoms with Crippen molar-refractivity contribution in [3.8, 4) is 0 Å². The highest BCUT2D eigenvalue weighted by Crippen LogP contribution is 2.20. The molecule has 0 aliphatic rings. The van der Waals surface area contributed by atoms with Gasteiger partial charge in [0.15, 0.2) is 0 Å². The molecule has 4 heteroatoms. The number of amides is 1. The third kappa shape index (κ3) is 15.3. The van der Waals surface area contributed by atoms with Crippen molar-refractivity contribution in [3.05, 3.63) is 0 Å². The Labute approximate surface area is 118 Å². The number of carbonyl (C=O) groups excluding carboxylic acids is 1. The standard InChI is InChI=1S/C15H32N2O2/c1-14(2,3)8-7-10-19-11-9-16-13(18)12-17-15(4,5)6/h17H,7-12H2,1-6H3,(H,16,18). The van der Waals surface area contributed by atoms with Gasteiger partial charge in [-0.05, 0) is 39.0 Å². The minimum absolute atomic E-state index is 0.0215. The minimum Gasteiger partial charge on any atom is -0.380 e. The first-order chi connectivity index (χ1) is 8.60. The Kier molecular flexibility index (Phi) is 8.26. The van der Waals surface area contributed by atoms with Crippen molar-refractivity contribution in [2.45, 2.75) is 59.9 Å². The van der Waals surface area contributed by atoms with Gasteiger partial charge < -0.3 is 15.4 Å². The maximum absolute atomic E-state index is 11.5. The quantitative estimate of drug-likeness (QED) is 0.667. The summed E-state index contributed by atoms with van der Waals surface area (Å²) in [5.41, 5.74) is 0.344. The zero-order valence-corrected chi connectivity index (χ0v) is 13.6. The van der Waals surface area contributed by atoms with E-state index in [4.69, 9.17) is 4.74 Å². The Hall–Kier alpha value is -0.610. The summed E-state index contributed by atoms with van der Waals surface area (Å²) in [5, 5.41) is 5.98. The van der Waals surface area contributed by atoms with Crippen LogP contribution in [0.15, 0.2) is 0 Å². The highest BCUT2D eigenvalue weighted by atomic mass is 16.5. The zero-order chi connectivity index (χ0) is 14.9. The molecule has 0 bridgehead atoms. The molecule has 0 heterocycles. The Balaban J connectivity index is 3.37. The van der Waals surface area contributed by atoms with Crippen LogP contribution in [0.25, 0.3) is 0 Å². The molecule has 0 aliphatic carbocycles. The maximum Gasteiger partial charge on any atom is 0.234 e. The smallest absolute Gasteiger partial charge is 0.234 e. The monoisotopic (exact) mass is 272 g/mol. The lowest BCUT2D eigenvalue weighted by Gasteiger charge is -2.20. The van der Waals surface area contributed by atoms with Gasteiger partial charge in [0.05, 0.1) is 13.2 Å². The van der Waals surface area contributed by atoms with Crippen LogP contribution in [0.3, 0.4) is 0 Å². The molecule has 0 aliphatic heterocycles. The second-order valence-electron chi connectivity index (χ2n) is 7.23. The molecular formula is C15H32N2O2. The number of carbonyl (C=O) groups is 1. The Morgan fingerprint density at radius 2 is 1.68 bits per heavy atom. The number of ether oxygens (including phenoxy) is 1. The summed E-state index contributed by atoms with van der Waals surface area (Å²) >= 11 is 0. The molecule has 0 aromatic rings. The molecule has 0 radical (unpaired) electrons. The summed E-state index contributed by atoms with van der Waals surface area (Å²) in [6.45, 7) is 15.1. The number of hydrogen-bond acceptors (Lipinski definition) is 3. The molecule has 0 fully saturated rings. The van der Waals surface area contributed by atoms with Crippen LogP contribution in [0.4, 0.5) is 0 Å². The Morgan fingerprint density at radius 1 is 1.05 bits per heavy atom. The van der Waals surface area contributed by atoms with Crippen LogP contribution in [0, 0.1) is 5.41 Å². The predicted molar refractivity (Wildman–Crippen MR) is 80.3 cm³/mol. The van der Waals surface area contributed by atoms with Crippen LogP contribution in [0.1, 0.15) is 54.4 Å². The lowest BCUT2D eigenvalue weighted by molar-refractivity contribution is -0.120. The molecule has 2 N–H and O–H groups in total. The van der Waals surface area contributed by atoms with Gasteiger partial charge in [0.25, 0.3) is 0 Å². The average molecular weight is 272 g/mol. The molecule has 0 spiro atoms. The van der Waals surface area contributed by atoms with E-state index in [0.717, 1.165) is 19.4 Å². The third-order valence-corrected chi connectivity index (χ3v) is 2.56. The summed E-state index contributed by atoms with van der Waals surface area (Å²) in [5.74, 6) is 0.0215. The van der Waals surface area contributed by atoms with Gasteiger partial charge in [-0.15, -0.1) is 0 Å². The fourth-order valence-corrected chi connectivity index (χ4v) is 1.48. The van der Waals surface area contributed by atoms with Crippen molar-refractivity contribution < 1.29 is 9.53 Å². The molecule has 0 saturated carbocycles. The van der Waals surface area contributed by atoms with Crippen molar-refractivity contribution in [1.82, 2.24) is 10.6 Å². The molecule has 114 valence electrons. The first-order valence-corrected chi connectivity index (χ1v) is 7.20. The van der Waals surface area contributed by atoms with Gasteiger partial charge >= 0.3 is 0 Å². The molecule has 0 rings (SSSR count). The summed E-state index contributed by atoms with van der Waals surface area (Å²) < 4.78 is 5.49. The van der Waals surface area contributed by atoms with E-state index in [0.29, 0.717) is 25.1 Å². The summed E-state index contributed by atoms with van der Waals surface area (Å²) in [6.07, 6.45) is 2.23. The van der Waals surface area contributed by atoms with E-state index in [1.165, 1.54) is 0 Å². The predicted octanol–water partition coefficient (Wildman–Crippen LogP) is 2.33. The molecule has 19 heavy (non-hydrogen) atoms. The van der Waals surface area contributed by atoms with Crippen LogP contribution >= 0.6 is 0 Å². The van der Waals surface area contributed by atoms with Gasteiger partial charge in [-0.25, -0.2) is 0 Å². The second-order valence-corrected chi connectivity index (χ2v) is 7.23. The zero-order valence-electron chi connectivity index (χ0n) is 13.6.